The first kappa shape index (κ1) is 13.5. The van der Waals surface area contributed by atoms with E-state index in [9.17, 15) is 8.42 Å². The first-order chi connectivity index (χ1) is 8.49. The van der Waals surface area contributed by atoms with Gasteiger partial charge in [-0.15, -0.1) is 0 Å². The summed E-state index contributed by atoms with van der Waals surface area (Å²) in [5.41, 5.74) is 0. The smallest absolute Gasteiger partial charge is 0.263 e. The Morgan fingerprint density at radius 1 is 1.11 bits per heavy atom. The number of anilines is 1. The Labute approximate surface area is 122 Å². The molecule has 0 unspecified atom stereocenters. The minimum absolute atomic E-state index is 0.155. The summed E-state index contributed by atoms with van der Waals surface area (Å²) in [5.74, 6) is 0.282. The van der Waals surface area contributed by atoms with Crippen LogP contribution in [0.3, 0.4) is 0 Å². The summed E-state index contributed by atoms with van der Waals surface area (Å²) in [6.45, 7) is 0. The van der Waals surface area contributed by atoms with Gasteiger partial charge in [-0.2, -0.15) is 0 Å². The van der Waals surface area contributed by atoms with Crippen LogP contribution in [-0.2, 0) is 10.0 Å². The second kappa shape index (κ2) is 5.38. The third kappa shape index (κ3) is 3.09. The monoisotopic (exact) mass is 390 g/mol. The molecule has 2 aromatic rings. The van der Waals surface area contributed by atoms with Crippen LogP contribution in [0.5, 0.6) is 0 Å². The van der Waals surface area contributed by atoms with E-state index in [1.807, 2.05) is 0 Å². The van der Waals surface area contributed by atoms with Crippen LogP contribution in [0.25, 0.3) is 0 Å². The Hall–Kier alpha value is -0.920. The van der Waals surface area contributed by atoms with E-state index in [-0.39, 0.29) is 10.7 Å². The van der Waals surface area contributed by atoms with Gasteiger partial charge in [0.2, 0.25) is 0 Å². The highest BCUT2D eigenvalue weighted by atomic mass is 79.9. The van der Waals surface area contributed by atoms with Gasteiger partial charge in [-0.1, -0.05) is 22.0 Å². The molecule has 2 rings (SSSR count). The maximum Gasteiger partial charge on any atom is 0.264 e. The number of benzene rings is 1. The van der Waals surface area contributed by atoms with Gasteiger partial charge in [-0.25, -0.2) is 13.4 Å². The zero-order valence-corrected chi connectivity index (χ0v) is 13.0. The first-order valence-electron chi connectivity index (χ1n) is 4.88. The minimum Gasteiger partial charge on any atom is -0.263 e. The average Bonchev–Trinajstić information content (AvgIpc) is 2.33. The molecule has 1 aromatic carbocycles. The van der Waals surface area contributed by atoms with Crippen LogP contribution in [0.1, 0.15) is 0 Å². The molecule has 0 aliphatic heterocycles. The first-order valence-corrected chi connectivity index (χ1v) is 7.95. The van der Waals surface area contributed by atoms with Crippen LogP contribution in [0.2, 0.25) is 0 Å². The molecule has 7 heteroatoms. The zero-order chi connectivity index (χ0) is 13.2. The van der Waals surface area contributed by atoms with Crippen molar-refractivity contribution in [3.05, 3.63) is 51.5 Å². The van der Waals surface area contributed by atoms with Crippen molar-refractivity contribution in [3.8, 4) is 0 Å². The molecule has 0 amide bonds. The van der Waals surface area contributed by atoms with E-state index in [1.165, 1.54) is 12.3 Å². The highest BCUT2D eigenvalue weighted by Crippen LogP contribution is 2.26. The number of halogens is 2. The fourth-order valence-electron chi connectivity index (χ4n) is 1.30. The molecular weight excluding hydrogens is 384 g/mol. The number of pyridine rings is 1. The lowest BCUT2D eigenvalue weighted by molar-refractivity contribution is 0.600. The van der Waals surface area contributed by atoms with Gasteiger partial charge in [0.15, 0.2) is 0 Å². The van der Waals surface area contributed by atoms with E-state index >= 15 is 0 Å². The Bertz CT molecular complexity index is 660. The Balaban J connectivity index is 2.40. The number of hydrogen-bond donors (Lipinski definition) is 1. The maximum atomic E-state index is 12.2. The highest BCUT2D eigenvalue weighted by molar-refractivity contribution is 9.11. The summed E-state index contributed by atoms with van der Waals surface area (Å²) in [7, 11) is -3.66. The van der Waals surface area contributed by atoms with Crippen LogP contribution >= 0.6 is 31.9 Å². The standard InChI is InChI=1S/C11H8Br2N2O2S/c12-8-4-5-9(13)10(7-8)18(16,17)15-11-3-1-2-6-14-11/h1-7H,(H,14,15). The van der Waals surface area contributed by atoms with Crippen molar-refractivity contribution < 1.29 is 8.42 Å². The maximum absolute atomic E-state index is 12.2. The SMILES string of the molecule is O=S(=O)(Nc1ccccn1)c1cc(Br)ccc1Br. The van der Waals surface area contributed by atoms with Gasteiger partial charge in [0, 0.05) is 15.1 Å². The molecule has 0 saturated carbocycles. The van der Waals surface area contributed by atoms with Crippen LogP contribution < -0.4 is 4.72 Å². The Kier molecular flexibility index (Phi) is 4.04. The van der Waals surface area contributed by atoms with Crippen LogP contribution in [0, 0.1) is 0 Å². The largest absolute Gasteiger partial charge is 0.264 e. The van der Waals surface area contributed by atoms with Crippen LogP contribution in [0.4, 0.5) is 5.82 Å². The van der Waals surface area contributed by atoms with E-state index in [0.29, 0.717) is 8.95 Å². The molecular formula is C11H8Br2N2O2S. The van der Waals surface area contributed by atoms with Crippen LogP contribution in [-0.4, -0.2) is 13.4 Å². The summed E-state index contributed by atoms with van der Waals surface area (Å²) < 4.78 is 27.9. The summed E-state index contributed by atoms with van der Waals surface area (Å²) in [5, 5.41) is 0. The van der Waals surface area contributed by atoms with E-state index in [0.717, 1.165) is 0 Å². The number of nitrogens with one attached hydrogen (secondary N) is 1. The molecule has 0 atom stereocenters. The number of aromatic nitrogens is 1. The van der Waals surface area contributed by atoms with Crippen molar-refractivity contribution in [2.24, 2.45) is 0 Å². The lowest BCUT2D eigenvalue weighted by Crippen LogP contribution is -2.14. The lowest BCUT2D eigenvalue weighted by atomic mass is 10.4. The molecule has 1 N–H and O–H groups in total. The van der Waals surface area contributed by atoms with Gasteiger partial charge >= 0.3 is 0 Å². The predicted octanol–water partition coefficient (Wildman–Crippen LogP) is 3.41. The average molecular weight is 392 g/mol. The van der Waals surface area contributed by atoms with Crippen molar-refractivity contribution in [3.63, 3.8) is 0 Å². The fraction of sp³-hybridized carbons (Fsp3) is 0. The summed E-state index contributed by atoms with van der Waals surface area (Å²) >= 11 is 6.46. The molecule has 0 aliphatic rings. The molecule has 0 saturated heterocycles. The van der Waals surface area contributed by atoms with Crippen molar-refractivity contribution >= 4 is 47.7 Å². The van der Waals surface area contributed by atoms with E-state index in [1.54, 1.807) is 30.3 Å². The molecule has 1 aromatic heterocycles. The lowest BCUT2D eigenvalue weighted by Gasteiger charge is -2.09. The molecule has 0 fully saturated rings. The zero-order valence-electron chi connectivity index (χ0n) is 8.97. The second-order valence-corrected chi connectivity index (χ2v) is 6.82. The third-order valence-electron chi connectivity index (χ3n) is 2.09. The molecule has 1 heterocycles. The number of rotatable bonds is 3. The van der Waals surface area contributed by atoms with Gasteiger partial charge in [-0.3, -0.25) is 4.72 Å². The van der Waals surface area contributed by atoms with Crippen molar-refractivity contribution in [2.75, 3.05) is 4.72 Å². The molecule has 94 valence electrons. The van der Waals surface area contributed by atoms with Gasteiger partial charge in [-0.05, 0) is 46.3 Å². The Morgan fingerprint density at radius 2 is 1.89 bits per heavy atom. The van der Waals surface area contributed by atoms with Crippen LogP contribution in [0.15, 0.2) is 56.4 Å². The second-order valence-electron chi connectivity index (χ2n) is 3.40. The van der Waals surface area contributed by atoms with Crippen molar-refractivity contribution in [2.45, 2.75) is 4.90 Å². The van der Waals surface area contributed by atoms with E-state index < -0.39 is 10.0 Å². The van der Waals surface area contributed by atoms with Crippen molar-refractivity contribution in [1.29, 1.82) is 0 Å². The Morgan fingerprint density at radius 3 is 2.56 bits per heavy atom. The molecule has 18 heavy (non-hydrogen) atoms. The van der Waals surface area contributed by atoms with Crippen molar-refractivity contribution in [1.82, 2.24) is 4.98 Å². The minimum atomic E-state index is -3.66. The molecule has 0 aliphatic carbocycles. The highest BCUT2D eigenvalue weighted by Gasteiger charge is 2.18. The fourth-order valence-corrected chi connectivity index (χ4v) is 3.81. The van der Waals surface area contributed by atoms with Gasteiger partial charge in [0.05, 0.1) is 0 Å². The topological polar surface area (TPSA) is 59.1 Å². The van der Waals surface area contributed by atoms with E-state index in [4.69, 9.17) is 0 Å². The number of sulfonamides is 1. The summed E-state index contributed by atoms with van der Waals surface area (Å²) in [6.07, 6.45) is 1.52. The van der Waals surface area contributed by atoms with E-state index in [2.05, 4.69) is 41.6 Å². The quantitative estimate of drug-likeness (QED) is 0.872. The third-order valence-corrected chi connectivity index (χ3v) is 4.93. The molecule has 4 nitrogen and oxygen atoms in total. The predicted molar refractivity (Wildman–Crippen MR) is 76.9 cm³/mol. The van der Waals surface area contributed by atoms with Gasteiger partial charge in [0.25, 0.3) is 10.0 Å². The number of nitrogens with zero attached hydrogens (tertiary/aromatic N) is 1. The summed E-state index contributed by atoms with van der Waals surface area (Å²) in [6, 6.07) is 9.95. The number of hydrogen-bond acceptors (Lipinski definition) is 3. The summed E-state index contributed by atoms with van der Waals surface area (Å²) in [4.78, 5) is 4.08. The molecule has 0 spiro atoms. The normalized spacial score (nSPS) is 11.2. The molecule has 0 bridgehead atoms. The molecule has 0 radical (unpaired) electrons. The van der Waals surface area contributed by atoms with Gasteiger partial charge in [0.1, 0.15) is 10.7 Å². The van der Waals surface area contributed by atoms with Gasteiger partial charge < -0.3 is 0 Å².